The maximum absolute atomic E-state index is 9.31. The van der Waals surface area contributed by atoms with E-state index in [1.54, 1.807) is 23.5 Å². The maximum Gasteiger partial charge on any atom is 0.178 e. The van der Waals surface area contributed by atoms with E-state index < -0.39 is 6.29 Å². The van der Waals surface area contributed by atoms with Gasteiger partial charge in [0.2, 0.25) is 0 Å². The normalized spacial score (nSPS) is 11.9. The van der Waals surface area contributed by atoms with Crippen LogP contribution in [0, 0.1) is 0 Å². The molecule has 0 saturated heterocycles. The third kappa shape index (κ3) is 3.56. The first-order valence-corrected chi connectivity index (χ1v) is 8.75. The molecular formula is C20H21NO2S. The number of hydrogen-bond donors (Lipinski definition) is 2. The predicted octanol–water partition coefficient (Wildman–Crippen LogP) is 4.76. The second-order valence-corrected chi connectivity index (χ2v) is 7.72. The molecular weight excluding hydrogens is 318 g/mol. The van der Waals surface area contributed by atoms with E-state index in [1.807, 2.05) is 17.5 Å². The van der Waals surface area contributed by atoms with Gasteiger partial charge in [-0.15, -0.1) is 11.3 Å². The fraction of sp³-hybridized carbons (Fsp3) is 0.250. The van der Waals surface area contributed by atoms with Gasteiger partial charge in [-0.3, -0.25) is 0 Å². The molecule has 4 heteroatoms. The van der Waals surface area contributed by atoms with Gasteiger partial charge in [0.15, 0.2) is 6.29 Å². The number of benzene rings is 2. The van der Waals surface area contributed by atoms with Crippen molar-refractivity contribution in [2.75, 3.05) is 0 Å². The van der Waals surface area contributed by atoms with Gasteiger partial charge in [0.05, 0.1) is 5.69 Å². The molecule has 1 aromatic heterocycles. The number of hydrogen-bond acceptors (Lipinski definition) is 4. The van der Waals surface area contributed by atoms with Gasteiger partial charge in [0, 0.05) is 22.1 Å². The van der Waals surface area contributed by atoms with Crippen LogP contribution >= 0.6 is 11.3 Å². The highest BCUT2D eigenvalue weighted by Crippen LogP contribution is 2.31. The molecule has 0 amide bonds. The Bertz CT molecular complexity index is 829. The van der Waals surface area contributed by atoms with Crippen molar-refractivity contribution in [1.82, 2.24) is 4.98 Å². The molecule has 3 aromatic rings. The Morgan fingerprint density at radius 1 is 0.958 bits per heavy atom. The Labute approximate surface area is 146 Å². The summed E-state index contributed by atoms with van der Waals surface area (Å²) in [5.74, 6) is 0. The summed E-state index contributed by atoms with van der Waals surface area (Å²) in [7, 11) is 0. The average Bonchev–Trinajstić information content (AvgIpc) is 3.04. The van der Waals surface area contributed by atoms with E-state index in [2.05, 4.69) is 45.0 Å². The molecule has 0 aliphatic rings. The van der Waals surface area contributed by atoms with Gasteiger partial charge in [0.1, 0.15) is 5.01 Å². The first kappa shape index (κ1) is 16.8. The van der Waals surface area contributed by atoms with Gasteiger partial charge in [-0.2, -0.15) is 0 Å². The van der Waals surface area contributed by atoms with E-state index in [1.165, 1.54) is 5.56 Å². The maximum atomic E-state index is 9.31. The summed E-state index contributed by atoms with van der Waals surface area (Å²) >= 11 is 1.55. The van der Waals surface area contributed by atoms with Crippen molar-refractivity contribution in [2.45, 2.75) is 32.5 Å². The first-order valence-electron chi connectivity index (χ1n) is 7.87. The Morgan fingerprint density at radius 3 is 2.29 bits per heavy atom. The van der Waals surface area contributed by atoms with Crippen molar-refractivity contribution >= 4 is 11.3 Å². The van der Waals surface area contributed by atoms with Crippen LogP contribution in [-0.2, 0) is 5.41 Å². The molecule has 124 valence electrons. The molecule has 0 unspecified atom stereocenters. The highest BCUT2D eigenvalue weighted by atomic mass is 32.1. The van der Waals surface area contributed by atoms with Crippen LogP contribution in [0.15, 0.2) is 53.9 Å². The number of aliphatic hydroxyl groups excluding tert-OH is 1. The Kier molecular flexibility index (Phi) is 4.54. The van der Waals surface area contributed by atoms with Crippen LogP contribution in [0.3, 0.4) is 0 Å². The third-order valence-corrected chi connectivity index (χ3v) is 4.87. The molecule has 0 spiro atoms. The van der Waals surface area contributed by atoms with Crippen molar-refractivity contribution in [1.29, 1.82) is 0 Å². The summed E-state index contributed by atoms with van der Waals surface area (Å²) in [6.45, 7) is 6.60. The molecule has 0 saturated carbocycles. The topological polar surface area (TPSA) is 53.4 Å². The van der Waals surface area contributed by atoms with Crippen molar-refractivity contribution in [3.05, 3.63) is 65.0 Å². The zero-order valence-electron chi connectivity index (χ0n) is 14.0. The van der Waals surface area contributed by atoms with Crippen LogP contribution < -0.4 is 0 Å². The minimum absolute atomic E-state index is 0.136. The summed E-state index contributed by atoms with van der Waals surface area (Å²) in [5, 5.41) is 21.5. The molecule has 2 aromatic carbocycles. The lowest BCUT2D eigenvalue weighted by molar-refractivity contribution is -0.0424. The highest BCUT2D eigenvalue weighted by Gasteiger charge is 2.14. The summed E-state index contributed by atoms with van der Waals surface area (Å²) in [6, 6.07) is 15.7. The number of thiazole rings is 1. The molecule has 0 aliphatic carbocycles. The van der Waals surface area contributed by atoms with E-state index in [4.69, 9.17) is 4.98 Å². The van der Waals surface area contributed by atoms with E-state index in [-0.39, 0.29) is 5.41 Å². The molecule has 24 heavy (non-hydrogen) atoms. The molecule has 0 fully saturated rings. The molecule has 0 aliphatic heterocycles. The molecule has 3 rings (SSSR count). The number of rotatable bonds is 3. The summed E-state index contributed by atoms with van der Waals surface area (Å²) in [4.78, 5) is 4.70. The van der Waals surface area contributed by atoms with E-state index in [9.17, 15) is 10.2 Å². The lowest BCUT2D eigenvalue weighted by Gasteiger charge is -2.18. The highest BCUT2D eigenvalue weighted by molar-refractivity contribution is 7.13. The lowest BCUT2D eigenvalue weighted by Crippen LogP contribution is -2.10. The number of aromatic nitrogens is 1. The van der Waals surface area contributed by atoms with Crippen LogP contribution in [-0.4, -0.2) is 15.2 Å². The molecule has 0 atom stereocenters. The van der Waals surface area contributed by atoms with Crippen LogP contribution in [0.1, 0.15) is 38.2 Å². The zero-order valence-corrected chi connectivity index (χ0v) is 14.8. The average molecular weight is 339 g/mol. The first-order chi connectivity index (χ1) is 11.3. The van der Waals surface area contributed by atoms with Crippen LogP contribution in [0.4, 0.5) is 0 Å². The van der Waals surface area contributed by atoms with Gasteiger partial charge in [0.25, 0.3) is 0 Å². The third-order valence-electron chi connectivity index (χ3n) is 3.98. The van der Waals surface area contributed by atoms with Crippen LogP contribution in [0.2, 0.25) is 0 Å². The largest absolute Gasteiger partial charge is 0.364 e. The Hall–Kier alpha value is -2.01. The lowest BCUT2D eigenvalue weighted by atomic mass is 9.86. The SMILES string of the molecule is CC(C)(C)c1ccc(-c2csc(-c3cccc(C(O)O)c3)n2)cc1. The van der Waals surface area contributed by atoms with Crippen molar-refractivity contribution in [3.63, 3.8) is 0 Å². The standard InChI is InChI=1S/C20H21NO2S/c1-20(2,3)16-9-7-13(8-10-16)17-12-24-18(21-17)14-5-4-6-15(11-14)19(22)23/h4-12,19,22-23H,1-3H3. The van der Waals surface area contributed by atoms with Gasteiger partial charge in [-0.05, 0) is 17.0 Å². The molecule has 2 N–H and O–H groups in total. The minimum Gasteiger partial charge on any atom is -0.364 e. The molecule has 0 bridgehead atoms. The summed E-state index contributed by atoms with van der Waals surface area (Å²) < 4.78 is 0. The van der Waals surface area contributed by atoms with E-state index in [0.29, 0.717) is 5.56 Å². The van der Waals surface area contributed by atoms with Crippen molar-refractivity contribution in [2.24, 2.45) is 0 Å². The second kappa shape index (κ2) is 6.48. The molecule has 0 radical (unpaired) electrons. The number of aliphatic hydroxyl groups is 2. The van der Waals surface area contributed by atoms with Gasteiger partial charge in [-0.1, -0.05) is 63.2 Å². The van der Waals surface area contributed by atoms with Crippen molar-refractivity contribution in [3.8, 4) is 21.8 Å². The van der Waals surface area contributed by atoms with Gasteiger partial charge < -0.3 is 10.2 Å². The molecule has 1 heterocycles. The summed E-state index contributed by atoms with van der Waals surface area (Å²) in [5.41, 5.74) is 4.82. The minimum atomic E-state index is -1.46. The van der Waals surface area contributed by atoms with Crippen LogP contribution in [0.25, 0.3) is 21.8 Å². The zero-order chi connectivity index (χ0) is 17.3. The van der Waals surface area contributed by atoms with Crippen molar-refractivity contribution < 1.29 is 10.2 Å². The quantitative estimate of drug-likeness (QED) is 0.677. The molecule has 3 nitrogen and oxygen atoms in total. The monoisotopic (exact) mass is 339 g/mol. The van der Waals surface area contributed by atoms with Gasteiger partial charge in [-0.25, -0.2) is 4.98 Å². The van der Waals surface area contributed by atoms with Crippen LogP contribution in [0.5, 0.6) is 0 Å². The summed E-state index contributed by atoms with van der Waals surface area (Å²) in [6.07, 6.45) is -1.46. The predicted molar refractivity (Wildman–Crippen MR) is 98.9 cm³/mol. The smallest absolute Gasteiger partial charge is 0.178 e. The second-order valence-electron chi connectivity index (χ2n) is 6.86. The van der Waals surface area contributed by atoms with E-state index >= 15 is 0 Å². The van der Waals surface area contributed by atoms with Gasteiger partial charge >= 0.3 is 0 Å². The Balaban J connectivity index is 1.89. The Morgan fingerprint density at radius 2 is 1.67 bits per heavy atom. The van der Waals surface area contributed by atoms with E-state index in [0.717, 1.165) is 21.8 Å². The fourth-order valence-electron chi connectivity index (χ4n) is 2.51. The fourth-order valence-corrected chi connectivity index (χ4v) is 3.34. The number of nitrogens with zero attached hydrogens (tertiary/aromatic N) is 1.